The van der Waals surface area contributed by atoms with E-state index in [0.29, 0.717) is 5.69 Å². The molecular weight excluding hydrogens is 271 g/mol. The Kier molecular flexibility index (Phi) is 4.21. The van der Waals surface area contributed by atoms with E-state index in [4.69, 9.17) is 0 Å². The summed E-state index contributed by atoms with van der Waals surface area (Å²) in [7, 11) is 0. The van der Waals surface area contributed by atoms with E-state index in [1.165, 1.54) is 17.7 Å². The van der Waals surface area contributed by atoms with Gasteiger partial charge in [0.25, 0.3) is 5.69 Å². The van der Waals surface area contributed by atoms with Gasteiger partial charge in [0, 0.05) is 17.8 Å². The van der Waals surface area contributed by atoms with Gasteiger partial charge in [-0.05, 0) is 38.0 Å². The van der Waals surface area contributed by atoms with Crippen molar-refractivity contribution in [3.63, 3.8) is 0 Å². The molecule has 1 unspecified atom stereocenters. The van der Waals surface area contributed by atoms with E-state index in [1.54, 1.807) is 0 Å². The molecule has 0 fully saturated rings. The highest BCUT2D eigenvalue weighted by molar-refractivity contribution is 5.53. The average molecular weight is 288 g/mol. The van der Waals surface area contributed by atoms with Crippen molar-refractivity contribution in [2.24, 2.45) is 0 Å². The third-order valence-corrected chi connectivity index (χ3v) is 3.37. The SMILES string of the molecule is Cc1ccc(C(C)Nc2cc(F)cc([N+](=O)[O-])c2)c(C)c1. The van der Waals surface area contributed by atoms with Gasteiger partial charge in [-0.1, -0.05) is 23.8 Å². The Labute approximate surface area is 122 Å². The van der Waals surface area contributed by atoms with Gasteiger partial charge in [0.05, 0.1) is 11.0 Å². The van der Waals surface area contributed by atoms with Crippen LogP contribution in [0.3, 0.4) is 0 Å². The van der Waals surface area contributed by atoms with Crippen molar-refractivity contribution in [2.45, 2.75) is 26.8 Å². The molecule has 110 valence electrons. The molecule has 0 aromatic heterocycles. The minimum absolute atomic E-state index is 0.0768. The van der Waals surface area contributed by atoms with E-state index in [2.05, 4.69) is 11.4 Å². The van der Waals surface area contributed by atoms with Crippen LogP contribution < -0.4 is 5.32 Å². The number of aryl methyl sites for hydroxylation is 2. The van der Waals surface area contributed by atoms with Crippen LogP contribution in [0.25, 0.3) is 0 Å². The van der Waals surface area contributed by atoms with Gasteiger partial charge in [-0.15, -0.1) is 0 Å². The predicted octanol–water partition coefficient (Wildman–Crippen LogP) is 4.52. The van der Waals surface area contributed by atoms with Crippen LogP contribution in [-0.4, -0.2) is 4.92 Å². The highest BCUT2D eigenvalue weighted by Crippen LogP contribution is 2.26. The smallest absolute Gasteiger partial charge is 0.274 e. The van der Waals surface area contributed by atoms with Gasteiger partial charge in [0.15, 0.2) is 0 Å². The molecule has 0 aliphatic rings. The molecule has 21 heavy (non-hydrogen) atoms. The second kappa shape index (κ2) is 5.91. The number of halogens is 1. The second-order valence-electron chi connectivity index (χ2n) is 5.18. The van der Waals surface area contributed by atoms with Crippen molar-refractivity contribution < 1.29 is 9.31 Å². The van der Waals surface area contributed by atoms with Gasteiger partial charge >= 0.3 is 0 Å². The summed E-state index contributed by atoms with van der Waals surface area (Å²) < 4.78 is 13.4. The Hall–Kier alpha value is -2.43. The minimum atomic E-state index is -0.625. The normalized spacial score (nSPS) is 12.0. The Morgan fingerprint density at radius 2 is 1.90 bits per heavy atom. The Morgan fingerprint density at radius 1 is 1.19 bits per heavy atom. The van der Waals surface area contributed by atoms with E-state index in [1.807, 2.05) is 32.9 Å². The largest absolute Gasteiger partial charge is 0.378 e. The van der Waals surface area contributed by atoms with E-state index in [-0.39, 0.29) is 11.7 Å². The van der Waals surface area contributed by atoms with Gasteiger partial charge in [0.1, 0.15) is 5.82 Å². The summed E-state index contributed by atoms with van der Waals surface area (Å²) in [6, 6.07) is 9.52. The standard InChI is InChI=1S/C16H17FN2O2/c1-10-4-5-16(11(2)6-10)12(3)18-14-7-13(17)8-15(9-14)19(20)21/h4-9,12,18H,1-3H3. The molecule has 0 saturated carbocycles. The number of nitro benzene ring substituents is 1. The van der Waals surface area contributed by atoms with Crippen LogP contribution in [0.1, 0.15) is 29.7 Å². The molecule has 0 spiro atoms. The Balaban J connectivity index is 2.27. The van der Waals surface area contributed by atoms with Crippen LogP contribution in [0, 0.1) is 29.8 Å². The zero-order valence-corrected chi connectivity index (χ0v) is 12.2. The van der Waals surface area contributed by atoms with Crippen molar-refractivity contribution in [1.29, 1.82) is 0 Å². The third kappa shape index (κ3) is 3.56. The lowest BCUT2D eigenvalue weighted by Crippen LogP contribution is -2.09. The first-order valence-corrected chi connectivity index (χ1v) is 6.65. The van der Waals surface area contributed by atoms with Crippen LogP contribution >= 0.6 is 0 Å². The Bertz CT molecular complexity index is 686. The van der Waals surface area contributed by atoms with Crippen molar-refractivity contribution in [2.75, 3.05) is 5.32 Å². The first-order valence-electron chi connectivity index (χ1n) is 6.65. The molecule has 0 radical (unpaired) electrons. The summed E-state index contributed by atoms with van der Waals surface area (Å²) in [6.45, 7) is 5.97. The highest BCUT2D eigenvalue weighted by atomic mass is 19.1. The molecule has 4 nitrogen and oxygen atoms in total. The predicted molar refractivity (Wildman–Crippen MR) is 81.0 cm³/mol. The number of non-ortho nitro benzene ring substituents is 1. The summed E-state index contributed by atoms with van der Waals surface area (Å²) in [4.78, 5) is 10.2. The number of rotatable bonds is 4. The van der Waals surface area contributed by atoms with Crippen molar-refractivity contribution in [1.82, 2.24) is 0 Å². The number of nitro groups is 1. The van der Waals surface area contributed by atoms with Crippen molar-refractivity contribution >= 4 is 11.4 Å². The molecule has 0 aliphatic heterocycles. The third-order valence-electron chi connectivity index (χ3n) is 3.37. The summed E-state index contributed by atoms with van der Waals surface area (Å²) in [5, 5.41) is 13.9. The fraction of sp³-hybridized carbons (Fsp3) is 0.250. The number of nitrogens with zero attached hydrogens (tertiary/aromatic N) is 1. The number of benzene rings is 2. The zero-order chi connectivity index (χ0) is 15.6. The molecule has 1 atom stereocenters. The number of nitrogens with one attached hydrogen (secondary N) is 1. The van der Waals surface area contributed by atoms with Crippen LogP contribution in [-0.2, 0) is 0 Å². The van der Waals surface area contributed by atoms with E-state index < -0.39 is 10.7 Å². The Morgan fingerprint density at radius 3 is 2.52 bits per heavy atom. The van der Waals surface area contributed by atoms with E-state index in [0.717, 1.165) is 17.2 Å². The lowest BCUT2D eigenvalue weighted by Gasteiger charge is -2.18. The maximum Gasteiger partial charge on any atom is 0.274 e. The molecule has 5 heteroatoms. The van der Waals surface area contributed by atoms with Gasteiger partial charge in [0.2, 0.25) is 0 Å². The summed E-state index contributed by atoms with van der Waals surface area (Å²) in [5.41, 5.74) is 3.51. The lowest BCUT2D eigenvalue weighted by atomic mass is 10.00. The van der Waals surface area contributed by atoms with Crippen LogP contribution in [0.2, 0.25) is 0 Å². The first kappa shape index (κ1) is 15.0. The molecule has 0 saturated heterocycles. The molecule has 1 N–H and O–H groups in total. The molecular formula is C16H17FN2O2. The topological polar surface area (TPSA) is 55.2 Å². The summed E-state index contributed by atoms with van der Waals surface area (Å²) in [5.74, 6) is -0.625. The number of hydrogen-bond donors (Lipinski definition) is 1. The quantitative estimate of drug-likeness (QED) is 0.664. The molecule has 0 heterocycles. The number of hydrogen-bond acceptors (Lipinski definition) is 3. The van der Waals surface area contributed by atoms with Crippen LogP contribution in [0.5, 0.6) is 0 Å². The fourth-order valence-corrected chi connectivity index (χ4v) is 2.40. The summed E-state index contributed by atoms with van der Waals surface area (Å²) >= 11 is 0. The molecule has 2 aromatic carbocycles. The van der Waals surface area contributed by atoms with Gasteiger partial charge in [-0.2, -0.15) is 0 Å². The summed E-state index contributed by atoms with van der Waals surface area (Å²) in [6.07, 6.45) is 0. The average Bonchev–Trinajstić information content (AvgIpc) is 2.37. The first-order chi connectivity index (χ1) is 9.86. The second-order valence-corrected chi connectivity index (χ2v) is 5.18. The molecule has 0 amide bonds. The maximum absolute atomic E-state index is 13.4. The van der Waals surface area contributed by atoms with Crippen molar-refractivity contribution in [3.05, 3.63) is 69.0 Å². The molecule has 0 aliphatic carbocycles. The molecule has 0 bridgehead atoms. The zero-order valence-electron chi connectivity index (χ0n) is 12.2. The van der Waals surface area contributed by atoms with Crippen LogP contribution in [0.4, 0.5) is 15.8 Å². The minimum Gasteiger partial charge on any atom is -0.378 e. The van der Waals surface area contributed by atoms with Gasteiger partial charge in [-0.3, -0.25) is 10.1 Å². The van der Waals surface area contributed by atoms with Gasteiger partial charge < -0.3 is 5.32 Å². The molecule has 2 aromatic rings. The van der Waals surface area contributed by atoms with Crippen molar-refractivity contribution in [3.8, 4) is 0 Å². The highest BCUT2D eigenvalue weighted by Gasteiger charge is 2.13. The van der Waals surface area contributed by atoms with Gasteiger partial charge in [-0.25, -0.2) is 4.39 Å². The monoisotopic (exact) mass is 288 g/mol. The maximum atomic E-state index is 13.4. The fourth-order valence-electron chi connectivity index (χ4n) is 2.40. The lowest BCUT2D eigenvalue weighted by molar-refractivity contribution is -0.385. The number of anilines is 1. The van der Waals surface area contributed by atoms with Crippen LogP contribution in [0.15, 0.2) is 36.4 Å². The van der Waals surface area contributed by atoms with E-state index in [9.17, 15) is 14.5 Å². The van der Waals surface area contributed by atoms with E-state index >= 15 is 0 Å². The molecule has 2 rings (SSSR count).